The van der Waals surface area contributed by atoms with E-state index >= 15 is 0 Å². The number of ether oxygens (including phenoxy) is 1. The monoisotopic (exact) mass is 313 g/mol. The number of benzene rings is 1. The van der Waals surface area contributed by atoms with Crippen molar-refractivity contribution in [3.8, 4) is 0 Å². The molecule has 122 valence electrons. The van der Waals surface area contributed by atoms with Crippen LogP contribution in [0.1, 0.15) is 11.3 Å². The van der Waals surface area contributed by atoms with Gasteiger partial charge in [0.15, 0.2) is 0 Å². The number of hydrogen-bond acceptors (Lipinski definition) is 4. The smallest absolute Gasteiger partial charge is 0.242 e. The van der Waals surface area contributed by atoms with Gasteiger partial charge in [-0.2, -0.15) is 0 Å². The first-order valence-electron chi connectivity index (χ1n) is 7.99. The molecule has 2 heterocycles. The summed E-state index contributed by atoms with van der Waals surface area (Å²) in [5.74, 6) is 0.159. The number of nitrogens with zero attached hydrogens (tertiary/aromatic N) is 3. The van der Waals surface area contributed by atoms with E-state index in [9.17, 15) is 4.79 Å². The number of amides is 1. The number of anilines is 1. The van der Waals surface area contributed by atoms with Gasteiger partial charge in [0, 0.05) is 37.8 Å². The molecule has 1 aliphatic rings. The van der Waals surface area contributed by atoms with Gasteiger partial charge in [-0.15, -0.1) is 0 Å². The second-order valence-electron chi connectivity index (χ2n) is 5.98. The fraction of sp³-hybridized carbons (Fsp3) is 0.444. The molecule has 0 radical (unpaired) electrons. The van der Waals surface area contributed by atoms with Crippen LogP contribution in [0.4, 0.5) is 5.69 Å². The Morgan fingerprint density at radius 3 is 2.74 bits per heavy atom. The summed E-state index contributed by atoms with van der Waals surface area (Å²) in [6.07, 6.45) is 0. The van der Waals surface area contributed by atoms with Crippen LogP contribution in [0.2, 0.25) is 0 Å². The van der Waals surface area contributed by atoms with E-state index in [1.165, 1.54) is 0 Å². The van der Waals surface area contributed by atoms with Crippen LogP contribution in [0.5, 0.6) is 0 Å². The minimum absolute atomic E-state index is 0.159. The van der Waals surface area contributed by atoms with Crippen molar-refractivity contribution >= 4 is 22.5 Å². The zero-order chi connectivity index (χ0) is 16.4. The third kappa shape index (κ3) is 3.01. The van der Waals surface area contributed by atoms with Crippen LogP contribution in [0, 0.1) is 13.8 Å². The molecular weight excluding hydrogens is 290 g/mol. The number of rotatable bonds is 4. The van der Waals surface area contributed by atoms with Gasteiger partial charge in [0.25, 0.3) is 0 Å². The SMILES string of the molecule is COCCN1CCN(c2c(C)c(C)nc3ccccc23)CC1=O. The Balaban J connectivity index is 1.92. The second-order valence-corrected chi connectivity index (χ2v) is 5.98. The van der Waals surface area contributed by atoms with Gasteiger partial charge in [-0.1, -0.05) is 18.2 Å². The van der Waals surface area contributed by atoms with Gasteiger partial charge >= 0.3 is 0 Å². The molecular formula is C18H23N3O2. The molecule has 2 aromatic rings. The molecule has 1 aromatic carbocycles. The highest BCUT2D eigenvalue weighted by molar-refractivity contribution is 5.96. The van der Waals surface area contributed by atoms with E-state index in [0.29, 0.717) is 19.7 Å². The molecule has 0 saturated carbocycles. The molecule has 0 unspecified atom stereocenters. The van der Waals surface area contributed by atoms with E-state index in [4.69, 9.17) is 4.74 Å². The maximum absolute atomic E-state index is 12.4. The van der Waals surface area contributed by atoms with Crippen molar-refractivity contribution in [2.24, 2.45) is 0 Å². The second kappa shape index (κ2) is 6.54. The summed E-state index contributed by atoms with van der Waals surface area (Å²) in [6, 6.07) is 8.15. The molecule has 1 amide bonds. The first-order valence-corrected chi connectivity index (χ1v) is 7.99. The maximum atomic E-state index is 12.4. The van der Waals surface area contributed by atoms with E-state index in [1.807, 2.05) is 30.0 Å². The molecule has 5 nitrogen and oxygen atoms in total. The van der Waals surface area contributed by atoms with E-state index < -0.39 is 0 Å². The molecule has 1 aromatic heterocycles. The standard InChI is InChI=1S/C18H23N3O2/c1-13-14(2)19-16-7-5-4-6-15(16)18(13)21-9-8-20(10-11-23-3)17(22)12-21/h4-7H,8-12H2,1-3H3. The van der Waals surface area contributed by atoms with Gasteiger partial charge in [-0.3, -0.25) is 9.78 Å². The lowest BCUT2D eigenvalue weighted by molar-refractivity contribution is -0.131. The van der Waals surface area contributed by atoms with Gasteiger partial charge in [0.1, 0.15) is 0 Å². The molecule has 0 aliphatic carbocycles. The minimum Gasteiger partial charge on any atom is -0.383 e. The van der Waals surface area contributed by atoms with Gasteiger partial charge in [-0.05, 0) is 25.5 Å². The molecule has 0 N–H and O–H groups in total. The normalized spacial score (nSPS) is 15.5. The Hall–Kier alpha value is -2.14. The number of piperazine rings is 1. The summed E-state index contributed by atoms with van der Waals surface area (Å²) < 4.78 is 5.08. The summed E-state index contributed by atoms with van der Waals surface area (Å²) in [7, 11) is 1.66. The minimum atomic E-state index is 0.159. The average Bonchev–Trinajstić information content (AvgIpc) is 2.55. The molecule has 3 rings (SSSR count). The predicted octanol–water partition coefficient (Wildman–Crippen LogP) is 2.15. The van der Waals surface area contributed by atoms with E-state index in [1.54, 1.807) is 7.11 Å². The highest BCUT2D eigenvalue weighted by Crippen LogP contribution is 2.31. The number of hydrogen-bond donors (Lipinski definition) is 0. The van der Waals surface area contributed by atoms with Crippen molar-refractivity contribution in [3.05, 3.63) is 35.5 Å². The number of para-hydroxylation sites is 1. The lowest BCUT2D eigenvalue weighted by atomic mass is 10.1. The van der Waals surface area contributed by atoms with Crippen LogP contribution < -0.4 is 4.90 Å². The lowest BCUT2D eigenvalue weighted by Crippen LogP contribution is -2.51. The highest BCUT2D eigenvalue weighted by Gasteiger charge is 2.26. The zero-order valence-electron chi connectivity index (χ0n) is 14.0. The van der Waals surface area contributed by atoms with Crippen molar-refractivity contribution < 1.29 is 9.53 Å². The lowest BCUT2D eigenvalue weighted by Gasteiger charge is -2.37. The maximum Gasteiger partial charge on any atom is 0.242 e. The quantitative estimate of drug-likeness (QED) is 0.867. The number of fused-ring (bicyclic) bond motifs is 1. The fourth-order valence-corrected chi connectivity index (χ4v) is 3.15. The van der Waals surface area contributed by atoms with E-state index in [-0.39, 0.29) is 5.91 Å². The number of aromatic nitrogens is 1. The topological polar surface area (TPSA) is 45.7 Å². The number of aryl methyl sites for hydroxylation is 1. The molecule has 1 fully saturated rings. The molecule has 1 aliphatic heterocycles. The Bertz CT molecular complexity index is 730. The van der Waals surface area contributed by atoms with Crippen LogP contribution in [0.3, 0.4) is 0 Å². The van der Waals surface area contributed by atoms with Crippen LogP contribution >= 0.6 is 0 Å². The summed E-state index contributed by atoms with van der Waals surface area (Å²) in [5, 5.41) is 1.12. The Labute approximate surface area is 136 Å². The van der Waals surface area contributed by atoms with E-state index in [2.05, 4.69) is 22.9 Å². The Kier molecular flexibility index (Phi) is 4.48. The third-order valence-corrected chi connectivity index (χ3v) is 4.55. The summed E-state index contributed by atoms with van der Waals surface area (Å²) in [4.78, 5) is 21.2. The Morgan fingerprint density at radius 2 is 2.00 bits per heavy atom. The van der Waals surface area contributed by atoms with Crippen molar-refractivity contribution in [2.75, 3.05) is 44.8 Å². The predicted molar refractivity (Wildman–Crippen MR) is 91.9 cm³/mol. The van der Waals surface area contributed by atoms with Crippen molar-refractivity contribution in [1.29, 1.82) is 0 Å². The van der Waals surface area contributed by atoms with Crippen molar-refractivity contribution in [1.82, 2.24) is 9.88 Å². The van der Waals surface area contributed by atoms with Gasteiger partial charge in [0.2, 0.25) is 5.91 Å². The average molecular weight is 313 g/mol. The van der Waals surface area contributed by atoms with Crippen LogP contribution in [0.15, 0.2) is 24.3 Å². The van der Waals surface area contributed by atoms with Crippen LogP contribution in [-0.4, -0.2) is 55.7 Å². The number of carbonyl (C=O) groups excluding carboxylic acids is 1. The Morgan fingerprint density at radius 1 is 1.22 bits per heavy atom. The fourth-order valence-electron chi connectivity index (χ4n) is 3.15. The molecule has 23 heavy (non-hydrogen) atoms. The van der Waals surface area contributed by atoms with Crippen LogP contribution in [-0.2, 0) is 9.53 Å². The molecule has 0 spiro atoms. The van der Waals surface area contributed by atoms with Crippen molar-refractivity contribution in [3.63, 3.8) is 0 Å². The van der Waals surface area contributed by atoms with Crippen LogP contribution in [0.25, 0.3) is 10.9 Å². The van der Waals surface area contributed by atoms with Gasteiger partial charge in [0.05, 0.1) is 24.4 Å². The highest BCUT2D eigenvalue weighted by atomic mass is 16.5. The number of pyridine rings is 1. The molecule has 5 heteroatoms. The zero-order valence-corrected chi connectivity index (χ0v) is 14.0. The van der Waals surface area contributed by atoms with E-state index in [0.717, 1.165) is 40.9 Å². The largest absolute Gasteiger partial charge is 0.383 e. The molecule has 0 bridgehead atoms. The van der Waals surface area contributed by atoms with Gasteiger partial charge in [-0.25, -0.2) is 0 Å². The summed E-state index contributed by atoms with van der Waals surface area (Å²) >= 11 is 0. The summed E-state index contributed by atoms with van der Waals surface area (Å²) in [5.41, 5.74) is 4.31. The number of methoxy groups -OCH3 is 1. The summed E-state index contributed by atoms with van der Waals surface area (Å²) in [6.45, 7) is 7.35. The third-order valence-electron chi connectivity index (χ3n) is 4.55. The molecule has 1 saturated heterocycles. The first kappa shape index (κ1) is 15.7. The van der Waals surface area contributed by atoms with Crippen molar-refractivity contribution in [2.45, 2.75) is 13.8 Å². The van der Waals surface area contributed by atoms with Gasteiger partial charge < -0.3 is 14.5 Å². The first-order chi connectivity index (χ1) is 11.1. The number of carbonyl (C=O) groups is 1. The molecule has 0 atom stereocenters.